The molecule has 0 aliphatic heterocycles. The Morgan fingerprint density at radius 3 is 1.56 bits per heavy atom. The van der Waals surface area contributed by atoms with E-state index in [1.165, 1.54) is 6.92 Å². The quantitative estimate of drug-likeness (QED) is 0.565. The lowest BCUT2D eigenvalue weighted by Gasteiger charge is -2.25. The first-order valence-corrected chi connectivity index (χ1v) is 3.47. The average molecular weight is 132 g/mol. The molecule has 0 aromatic heterocycles. The number of rotatable bonds is 3. The summed E-state index contributed by atoms with van der Waals surface area (Å²) < 4.78 is 0. The standard InChI is InChI=1S/C7H16O2/c1-4-6(5-2)7(3,8)9/h6,8-9H,4-5H2,1-3H3. The van der Waals surface area contributed by atoms with Crippen LogP contribution in [0.3, 0.4) is 0 Å². The Bertz CT molecular complexity index is 69.5. The summed E-state index contributed by atoms with van der Waals surface area (Å²) in [7, 11) is 0. The smallest absolute Gasteiger partial charge is 0.162 e. The maximum Gasteiger partial charge on any atom is 0.162 e. The zero-order valence-electron chi connectivity index (χ0n) is 6.39. The summed E-state index contributed by atoms with van der Waals surface area (Å²) in [4.78, 5) is 0. The predicted molar refractivity (Wildman–Crippen MR) is 36.9 cm³/mol. The summed E-state index contributed by atoms with van der Waals surface area (Å²) in [6.07, 6.45) is 1.64. The maximum atomic E-state index is 9.03. The number of hydrogen-bond acceptors (Lipinski definition) is 2. The fourth-order valence-electron chi connectivity index (χ4n) is 1.06. The van der Waals surface area contributed by atoms with Gasteiger partial charge in [0.25, 0.3) is 0 Å². The lowest BCUT2D eigenvalue weighted by atomic mass is 9.95. The van der Waals surface area contributed by atoms with Gasteiger partial charge in [-0.2, -0.15) is 0 Å². The van der Waals surface area contributed by atoms with Crippen LogP contribution in [0.25, 0.3) is 0 Å². The molecule has 0 aromatic rings. The molecule has 0 radical (unpaired) electrons. The monoisotopic (exact) mass is 132 g/mol. The molecule has 9 heavy (non-hydrogen) atoms. The summed E-state index contributed by atoms with van der Waals surface area (Å²) in [6.45, 7) is 5.35. The van der Waals surface area contributed by atoms with Crippen LogP contribution in [0, 0.1) is 5.92 Å². The van der Waals surface area contributed by atoms with Gasteiger partial charge in [-0.3, -0.25) is 0 Å². The molecule has 0 aliphatic carbocycles. The lowest BCUT2D eigenvalue weighted by molar-refractivity contribution is -0.186. The van der Waals surface area contributed by atoms with Crippen molar-refractivity contribution in [3.05, 3.63) is 0 Å². The Labute approximate surface area is 56.5 Å². The Morgan fingerprint density at radius 2 is 1.56 bits per heavy atom. The van der Waals surface area contributed by atoms with E-state index in [0.29, 0.717) is 0 Å². The van der Waals surface area contributed by atoms with Crippen LogP contribution < -0.4 is 0 Å². The van der Waals surface area contributed by atoms with E-state index in [0.717, 1.165) is 12.8 Å². The summed E-state index contributed by atoms with van der Waals surface area (Å²) in [6, 6.07) is 0. The van der Waals surface area contributed by atoms with Gasteiger partial charge in [-0.1, -0.05) is 13.8 Å². The van der Waals surface area contributed by atoms with Crippen molar-refractivity contribution in [3.8, 4) is 0 Å². The molecular weight excluding hydrogens is 116 g/mol. The van der Waals surface area contributed by atoms with E-state index in [-0.39, 0.29) is 5.92 Å². The molecule has 0 atom stereocenters. The minimum Gasteiger partial charge on any atom is -0.366 e. The Kier molecular flexibility index (Phi) is 3.15. The summed E-state index contributed by atoms with van der Waals surface area (Å²) >= 11 is 0. The van der Waals surface area contributed by atoms with Crippen molar-refractivity contribution in [3.63, 3.8) is 0 Å². The van der Waals surface area contributed by atoms with Crippen molar-refractivity contribution >= 4 is 0 Å². The largest absolute Gasteiger partial charge is 0.366 e. The van der Waals surface area contributed by atoms with Crippen LogP contribution >= 0.6 is 0 Å². The zero-order valence-corrected chi connectivity index (χ0v) is 6.39. The molecule has 56 valence electrons. The van der Waals surface area contributed by atoms with Gasteiger partial charge in [0.2, 0.25) is 0 Å². The number of hydrogen-bond donors (Lipinski definition) is 2. The highest BCUT2D eigenvalue weighted by Crippen LogP contribution is 2.20. The van der Waals surface area contributed by atoms with E-state index in [4.69, 9.17) is 10.2 Å². The molecule has 0 aliphatic rings. The van der Waals surface area contributed by atoms with Gasteiger partial charge in [0.05, 0.1) is 0 Å². The first-order valence-electron chi connectivity index (χ1n) is 3.47. The van der Waals surface area contributed by atoms with Crippen LogP contribution in [0.4, 0.5) is 0 Å². The third-order valence-electron chi connectivity index (χ3n) is 1.76. The van der Waals surface area contributed by atoms with Crippen molar-refractivity contribution in [2.45, 2.75) is 39.4 Å². The highest BCUT2D eigenvalue weighted by molar-refractivity contribution is 4.67. The predicted octanol–water partition coefficient (Wildman–Crippen LogP) is 1.12. The Hall–Kier alpha value is -0.0800. The minimum atomic E-state index is -1.48. The van der Waals surface area contributed by atoms with Gasteiger partial charge in [0.15, 0.2) is 5.79 Å². The first kappa shape index (κ1) is 8.92. The third kappa shape index (κ3) is 2.82. The van der Waals surface area contributed by atoms with E-state index >= 15 is 0 Å². The maximum absolute atomic E-state index is 9.03. The highest BCUT2D eigenvalue weighted by atomic mass is 16.5. The van der Waals surface area contributed by atoms with Crippen molar-refractivity contribution in [2.24, 2.45) is 5.92 Å². The first-order chi connectivity index (χ1) is 4.02. The van der Waals surface area contributed by atoms with Gasteiger partial charge in [0, 0.05) is 5.92 Å². The molecule has 0 saturated carbocycles. The molecule has 0 heterocycles. The SMILES string of the molecule is CCC(CC)C(C)(O)O. The van der Waals surface area contributed by atoms with Gasteiger partial charge in [-0.15, -0.1) is 0 Å². The van der Waals surface area contributed by atoms with Gasteiger partial charge >= 0.3 is 0 Å². The van der Waals surface area contributed by atoms with E-state index in [1.54, 1.807) is 0 Å². The van der Waals surface area contributed by atoms with E-state index in [2.05, 4.69) is 0 Å². The molecule has 2 N–H and O–H groups in total. The minimum absolute atomic E-state index is 0.0116. The number of aliphatic hydroxyl groups is 2. The highest BCUT2D eigenvalue weighted by Gasteiger charge is 2.25. The molecule has 0 fully saturated rings. The van der Waals surface area contributed by atoms with E-state index in [1.807, 2.05) is 13.8 Å². The normalized spacial score (nSPS) is 12.7. The van der Waals surface area contributed by atoms with Crippen LogP contribution in [0.15, 0.2) is 0 Å². The fraction of sp³-hybridized carbons (Fsp3) is 1.00. The van der Waals surface area contributed by atoms with Gasteiger partial charge < -0.3 is 10.2 Å². The van der Waals surface area contributed by atoms with Crippen LogP contribution in [-0.4, -0.2) is 16.0 Å². The molecule has 2 heteroatoms. The van der Waals surface area contributed by atoms with Crippen LogP contribution in [0.5, 0.6) is 0 Å². The molecule has 0 amide bonds. The lowest BCUT2D eigenvalue weighted by Crippen LogP contribution is -2.33. The topological polar surface area (TPSA) is 40.5 Å². The summed E-state index contributed by atoms with van der Waals surface area (Å²) in [5.74, 6) is -1.47. The molecule has 0 unspecified atom stereocenters. The average Bonchev–Trinajstić information content (AvgIpc) is 1.65. The molecule has 2 nitrogen and oxygen atoms in total. The molecule has 0 spiro atoms. The van der Waals surface area contributed by atoms with Gasteiger partial charge in [-0.25, -0.2) is 0 Å². The van der Waals surface area contributed by atoms with Gasteiger partial charge in [-0.05, 0) is 19.8 Å². The van der Waals surface area contributed by atoms with Crippen molar-refractivity contribution in [1.29, 1.82) is 0 Å². The Balaban J connectivity index is 3.79. The third-order valence-corrected chi connectivity index (χ3v) is 1.76. The summed E-state index contributed by atoms with van der Waals surface area (Å²) in [5.41, 5.74) is 0. The fourth-order valence-corrected chi connectivity index (χ4v) is 1.06. The molecule has 0 saturated heterocycles. The second-order valence-corrected chi connectivity index (χ2v) is 2.61. The molecular formula is C7H16O2. The second kappa shape index (κ2) is 3.18. The van der Waals surface area contributed by atoms with Crippen molar-refractivity contribution in [1.82, 2.24) is 0 Å². The van der Waals surface area contributed by atoms with Crippen molar-refractivity contribution < 1.29 is 10.2 Å². The zero-order chi connectivity index (χ0) is 7.49. The van der Waals surface area contributed by atoms with Crippen molar-refractivity contribution in [2.75, 3.05) is 0 Å². The molecule has 0 aromatic carbocycles. The van der Waals surface area contributed by atoms with Gasteiger partial charge in [0.1, 0.15) is 0 Å². The van der Waals surface area contributed by atoms with Crippen LogP contribution in [0.1, 0.15) is 33.6 Å². The summed E-state index contributed by atoms with van der Waals surface area (Å²) in [5, 5.41) is 18.1. The van der Waals surface area contributed by atoms with E-state index in [9.17, 15) is 0 Å². The van der Waals surface area contributed by atoms with E-state index < -0.39 is 5.79 Å². The second-order valence-electron chi connectivity index (χ2n) is 2.61. The van der Waals surface area contributed by atoms with Crippen LogP contribution in [-0.2, 0) is 0 Å². The molecule has 0 bridgehead atoms. The molecule has 0 rings (SSSR count). The Morgan fingerprint density at radius 1 is 1.22 bits per heavy atom. The van der Waals surface area contributed by atoms with Crippen LogP contribution in [0.2, 0.25) is 0 Å².